The Morgan fingerprint density at radius 1 is 0.706 bits per heavy atom. The highest BCUT2D eigenvalue weighted by molar-refractivity contribution is 5.84. The molecule has 0 aromatic heterocycles. The lowest BCUT2D eigenvalue weighted by atomic mass is 9.77. The van der Waals surface area contributed by atoms with E-state index in [2.05, 4.69) is 44.2 Å². The Morgan fingerprint density at radius 2 is 1.44 bits per heavy atom. The van der Waals surface area contributed by atoms with Gasteiger partial charge in [-0.2, -0.15) is 0 Å². The minimum Gasteiger partial charge on any atom is -0.203 e. The smallest absolute Gasteiger partial charge is 0.166 e. The predicted octanol–water partition coefficient (Wildman–Crippen LogP) is 9.71. The van der Waals surface area contributed by atoms with Gasteiger partial charge in [-0.25, -0.2) is 8.78 Å². The molecule has 4 rings (SSSR count). The highest BCUT2D eigenvalue weighted by Crippen LogP contribution is 2.37. The summed E-state index contributed by atoms with van der Waals surface area (Å²) in [5.74, 6) is 0.226. The standard InChI is InChI=1S/C32H40F2/c1-3-5-6-8-25-14-19-28-22-29(31(33)32(34)30(28)21-25)20-13-24-11-17-27(18-12-24)26-15-9-23(7-4-2)10-16-26/h11-12,14,17-19,21-23,26H,3-10,13,15-16,20H2,1-2H3. The quantitative estimate of drug-likeness (QED) is 0.263. The molecule has 3 aromatic rings. The highest BCUT2D eigenvalue weighted by Gasteiger charge is 2.21. The molecule has 1 fully saturated rings. The maximum absolute atomic E-state index is 14.9. The molecule has 0 heterocycles. The van der Waals surface area contributed by atoms with Crippen LogP contribution in [0, 0.1) is 17.6 Å². The van der Waals surface area contributed by atoms with E-state index < -0.39 is 11.6 Å². The molecule has 0 unspecified atom stereocenters. The summed E-state index contributed by atoms with van der Waals surface area (Å²) in [6, 6.07) is 16.6. The normalized spacial score (nSPS) is 18.5. The Hall–Kier alpha value is -2.22. The molecule has 0 aliphatic heterocycles. The molecule has 182 valence electrons. The van der Waals surface area contributed by atoms with Crippen LogP contribution in [0.5, 0.6) is 0 Å². The van der Waals surface area contributed by atoms with E-state index in [4.69, 9.17) is 0 Å². The van der Waals surface area contributed by atoms with Crippen LogP contribution in [-0.2, 0) is 19.3 Å². The second-order valence-electron chi connectivity index (χ2n) is 10.4. The maximum atomic E-state index is 14.9. The van der Waals surface area contributed by atoms with Gasteiger partial charge in [-0.15, -0.1) is 0 Å². The Morgan fingerprint density at radius 3 is 2.15 bits per heavy atom. The van der Waals surface area contributed by atoms with Crippen molar-refractivity contribution in [3.8, 4) is 0 Å². The van der Waals surface area contributed by atoms with Crippen molar-refractivity contribution in [2.45, 2.75) is 96.8 Å². The van der Waals surface area contributed by atoms with Gasteiger partial charge in [-0.3, -0.25) is 0 Å². The van der Waals surface area contributed by atoms with Crippen molar-refractivity contribution in [3.63, 3.8) is 0 Å². The third-order valence-corrected chi connectivity index (χ3v) is 7.91. The van der Waals surface area contributed by atoms with Crippen molar-refractivity contribution in [2.75, 3.05) is 0 Å². The van der Waals surface area contributed by atoms with E-state index in [9.17, 15) is 8.78 Å². The van der Waals surface area contributed by atoms with Crippen LogP contribution in [0.1, 0.15) is 99.8 Å². The third-order valence-electron chi connectivity index (χ3n) is 7.91. The van der Waals surface area contributed by atoms with Crippen molar-refractivity contribution in [2.24, 2.45) is 5.92 Å². The number of unbranched alkanes of at least 4 members (excludes halogenated alkanes) is 2. The molecule has 2 heteroatoms. The third kappa shape index (κ3) is 6.06. The Labute approximate surface area is 204 Å². The lowest BCUT2D eigenvalue weighted by Gasteiger charge is -2.28. The van der Waals surface area contributed by atoms with Crippen LogP contribution in [-0.4, -0.2) is 0 Å². The van der Waals surface area contributed by atoms with Crippen LogP contribution in [0.4, 0.5) is 8.78 Å². The molecule has 0 bridgehead atoms. The van der Waals surface area contributed by atoms with E-state index in [1.807, 2.05) is 18.2 Å². The second-order valence-corrected chi connectivity index (χ2v) is 10.4. The molecule has 34 heavy (non-hydrogen) atoms. The minimum atomic E-state index is -0.695. The fourth-order valence-corrected chi connectivity index (χ4v) is 5.77. The first kappa shape index (κ1) is 24.9. The SMILES string of the molecule is CCCCCc1ccc2cc(CCc3ccc(C4CCC(CCC)CC4)cc3)c(F)c(F)c2c1. The molecule has 0 saturated heterocycles. The van der Waals surface area contributed by atoms with Gasteiger partial charge in [0, 0.05) is 5.39 Å². The number of rotatable bonds is 10. The van der Waals surface area contributed by atoms with Crippen molar-refractivity contribution in [3.05, 3.63) is 82.4 Å². The van der Waals surface area contributed by atoms with E-state index in [1.54, 1.807) is 0 Å². The van der Waals surface area contributed by atoms with Gasteiger partial charge in [0.1, 0.15) is 0 Å². The number of fused-ring (bicyclic) bond motifs is 1. The lowest BCUT2D eigenvalue weighted by molar-refractivity contribution is 0.308. The van der Waals surface area contributed by atoms with Crippen LogP contribution in [0.25, 0.3) is 10.8 Å². The second kappa shape index (κ2) is 12.0. The van der Waals surface area contributed by atoms with Crippen LogP contribution >= 0.6 is 0 Å². The van der Waals surface area contributed by atoms with Crippen LogP contribution in [0.2, 0.25) is 0 Å². The molecule has 0 radical (unpaired) electrons. The van der Waals surface area contributed by atoms with E-state index >= 15 is 0 Å². The summed E-state index contributed by atoms with van der Waals surface area (Å²) in [7, 11) is 0. The van der Waals surface area contributed by atoms with Gasteiger partial charge in [0.05, 0.1) is 0 Å². The van der Waals surface area contributed by atoms with E-state index in [1.165, 1.54) is 49.7 Å². The fraction of sp³-hybridized carbons (Fsp3) is 0.500. The minimum absolute atomic E-state index is 0.410. The Bertz CT molecular complexity index is 1060. The lowest BCUT2D eigenvalue weighted by Crippen LogP contribution is -2.13. The Balaban J connectivity index is 1.39. The predicted molar refractivity (Wildman–Crippen MR) is 141 cm³/mol. The average Bonchev–Trinajstić information content (AvgIpc) is 2.87. The first-order valence-electron chi connectivity index (χ1n) is 13.6. The molecule has 1 saturated carbocycles. The average molecular weight is 463 g/mol. The highest BCUT2D eigenvalue weighted by atomic mass is 19.2. The summed E-state index contributed by atoms with van der Waals surface area (Å²) < 4.78 is 29.8. The molecule has 0 atom stereocenters. The number of aryl methyl sites for hydroxylation is 3. The molecule has 3 aromatic carbocycles. The van der Waals surface area contributed by atoms with Crippen LogP contribution in [0.3, 0.4) is 0 Å². The first-order valence-corrected chi connectivity index (χ1v) is 13.6. The summed E-state index contributed by atoms with van der Waals surface area (Å²) in [5.41, 5.74) is 4.19. The molecule has 1 aliphatic rings. The van der Waals surface area contributed by atoms with Crippen LogP contribution < -0.4 is 0 Å². The molecular weight excluding hydrogens is 422 g/mol. The van der Waals surface area contributed by atoms with E-state index in [0.717, 1.165) is 49.0 Å². The zero-order chi connectivity index (χ0) is 23.9. The molecule has 0 amide bonds. The first-order chi connectivity index (χ1) is 16.6. The van der Waals surface area contributed by atoms with Gasteiger partial charge < -0.3 is 0 Å². The van der Waals surface area contributed by atoms with Gasteiger partial charge in [-0.1, -0.05) is 75.9 Å². The molecule has 0 N–H and O–H groups in total. The van der Waals surface area contributed by atoms with Crippen molar-refractivity contribution in [1.29, 1.82) is 0 Å². The summed E-state index contributed by atoms with van der Waals surface area (Å²) in [6.45, 7) is 4.46. The van der Waals surface area contributed by atoms with Gasteiger partial charge in [0.15, 0.2) is 11.6 Å². The van der Waals surface area contributed by atoms with Gasteiger partial charge in [0.2, 0.25) is 0 Å². The van der Waals surface area contributed by atoms with Gasteiger partial charge in [0.25, 0.3) is 0 Å². The maximum Gasteiger partial charge on any atom is 0.166 e. The number of halogens is 2. The number of benzene rings is 3. The molecule has 1 aliphatic carbocycles. The topological polar surface area (TPSA) is 0 Å². The van der Waals surface area contributed by atoms with Crippen molar-refractivity contribution in [1.82, 2.24) is 0 Å². The van der Waals surface area contributed by atoms with Crippen molar-refractivity contribution >= 4 is 10.8 Å². The monoisotopic (exact) mass is 462 g/mol. The summed E-state index contributed by atoms with van der Waals surface area (Å²) in [5, 5.41) is 1.20. The molecule has 0 spiro atoms. The molecular formula is C32H40F2. The summed E-state index contributed by atoms with van der Waals surface area (Å²) in [6.07, 6.45) is 13.5. The van der Waals surface area contributed by atoms with E-state index in [0.29, 0.717) is 23.3 Å². The summed E-state index contributed by atoms with van der Waals surface area (Å²) >= 11 is 0. The zero-order valence-corrected chi connectivity index (χ0v) is 21.0. The van der Waals surface area contributed by atoms with E-state index in [-0.39, 0.29) is 0 Å². The molecule has 0 nitrogen and oxygen atoms in total. The number of hydrogen-bond acceptors (Lipinski definition) is 0. The Kier molecular flexibility index (Phi) is 8.75. The zero-order valence-electron chi connectivity index (χ0n) is 21.0. The fourth-order valence-electron chi connectivity index (χ4n) is 5.77. The largest absolute Gasteiger partial charge is 0.203 e. The van der Waals surface area contributed by atoms with Gasteiger partial charge in [-0.05, 0) is 103 Å². The van der Waals surface area contributed by atoms with Crippen molar-refractivity contribution < 1.29 is 8.78 Å². The number of hydrogen-bond donors (Lipinski definition) is 0. The summed E-state index contributed by atoms with van der Waals surface area (Å²) in [4.78, 5) is 0. The van der Waals surface area contributed by atoms with Crippen LogP contribution in [0.15, 0.2) is 48.5 Å². The van der Waals surface area contributed by atoms with Gasteiger partial charge >= 0.3 is 0 Å².